The molecule has 1 aromatic heterocycles. The van der Waals surface area contributed by atoms with Crippen molar-refractivity contribution in [3.05, 3.63) is 56.4 Å². The number of benzene rings is 1. The molecule has 0 radical (unpaired) electrons. The molecule has 0 saturated heterocycles. The van der Waals surface area contributed by atoms with E-state index in [9.17, 15) is 9.18 Å². The average Bonchev–Trinajstić information content (AvgIpc) is 2.76. The third-order valence-electron chi connectivity index (χ3n) is 2.95. The van der Waals surface area contributed by atoms with Gasteiger partial charge in [-0.3, -0.25) is 4.79 Å². The van der Waals surface area contributed by atoms with Gasteiger partial charge in [0.25, 0.3) is 0 Å². The second kappa shape index (κ2) is 6.97. The van der Waals surface area contributed by atoms with Crippen molar-refractivity contribution >= 4 is 33.7 Å². The summed E-state index contributed by atoms with van der Waals surface area (Å²) in [7, 11) is 0. The van der Waals surface area contributed by atoms with Gasteiger partial charge in [0.2, 0.25) is 0 Å². The first-order valence-corrected chi connectivity index (χ1v) is 7.58. The molecule has 0 amide bonds. The van der Waals surface area contributed by atoms with Gasteiger partial charge in [0, 0.05) is 0 Å². The second-order valence-corrected chi connectivity index (χ2v) is 6.53. The maximum absolute atomic E-state index is 13.2. The largest absolute Gasteiger partial charge is 0.370 e. The number of thiophene rings is 1. The Kier molecular flexibility index (Phi) is 5.28. The summed E-state index contributed by atoms with van der Waals surface area (Å²) in [6, 6.07) is 11.0. The van der Waals surface area contributed by atoms with Crippen LogP contribution in [-0.2, 0) is 16.2 Å². The van der Waals surface area contributed by atoms with E-state index in [1.54, 1.807) is 0 Å². The Morgan fingerprint density at radius 1 is 1.45 bits per heavy atom. The molecular formula is C14H13BrFNO2S. The average molecular weight is 358 g/mol. The monoisotopic (exact) mass is 357 g/mol. The van der Waals surface area contributed by atoms with Crippen LogP contribution in [0, 0.1) is 5.13 Å². The van der Waals surface area contributed by atoms with E-state index in [-0.39, 0.29) is 11.2 Å². The molecule has 2 rings (SSSR count). The minimum atomic E-state index is -0.273. The molecule has 0 spiro atoms. The molecule has 6 heteroatoms. The van der Waals surface area contributed by atoms with Crippen molar-refractivity contribution in [2.24, 2.45) is 0 Å². The molecule has 3 nitrogen and oxygen atoms in total. The van der Waals surface area contributed by atoms with E-state index in [2.05, 4.69) is 15.9 Å². The van der Waals surface area contributed by atoms with Gasteiger partial charge >= 0.3 is 6.47 Å². The quantitative estimate of drug-likeness (QED) is 0.570. The Morgan fingerprint density at radius 2 is 2.15 bits per heavy atom. The summed E-state index contributed by atoms with van der Waals surface area (Å²) < 4.78 is 13.9. The fourth-order valence-corrected chi connectivity index (χ4v) is 3.20. The first-order valence-electron chi connectivity index (χ1n) is 5.97. The van der Waals surface area contributed by atoms with Gasteiger partial charge < -0.3 is 4.84 Å². The molecule has 0 fully saturated rings. The highest BCUT2D eigenvalue weighted by Gasteiger charge is 2.20. The SMILES string of the molecule is C[C@H](c1ccccc1)N(Cc1cc(F)sc1Br)OC=O. The molecule has 0 bridgehead atoms. The number of rotatable bonds is 6. The zero-order valence-corrected chi connectivity index (χ0v) is 13.2. The van der Waals surface area contributed by atoms with Crippen LogP contribution in [0.1, 0.15) is 24.1 Å². The molecule has 0 aliphatic carbocycles. The van der Waals surface area contributed by atoms with Crippen LogP contribution in [0.4, 0.5) is 4.39 Å². The number of carbonyl (C=O) groups is 1. The highest BCUT2D eigenvalue weighted by atomic mass is 79.9. The van der Waals surface area contributed by atoms with Crippen molar-refractivity contribution < 1.29 is 14.0 Å². The van der Waals surface area contributed by atoms with E-state index in [0.717, 1.165) is 22.5 Å². The van der Waals surface area contributed by atoms with E-state index in [1.165, 1.54) is 11.1 Å². The molecule has 1 heterocycles. The summed E-state index contributed by atoms with van der Waals surface area (Å²) in [5.41, 5.74) is 1.76. The Balaban J connectivity index is 2.18. The van der Waals surface area contributed by atoms with Gasteiger partial charge in [-0.05, 0) is 40.0 Å². The van der Waals surface area contributed by atoms with E-state index in [4.69, 9.17) is 4.84 Å². The Hall–Kier alpha value is -1.24. The molecular weight excluding hydrogens is 345 g/mol. The molecule has 0 unspecified atom stereocenters. The third-order valence-corrected chi connectivity index (χ3v) is 4.69. The third kappa shape index (κ3) is 3.65. The summed E-state index contributed by atoms with van der Waals surface area (Å²) in [5.74, 6) is 0. The number of nitrogens with zero attached hydrogens (tertiary/aromatic N) is 1. The van der Waals surface area contributed by atoms with Crippen LogP contribution in [0.2, 0.25) is 0 Å². The lowest BCUT2D eigenvalue weighted by molar-refractivity contribution is -0.189. The van der Waals surface area contributed by atoms with Crippen LogP contribution >= 0.6 is 27.3 Å². The maximum atomic E-state index is 13.2. The van der Waals surface area contributed by atoms with Gasteiger partial charge in [0.1, 0.15) is 0 Å². The van der Waals surface area contributed by atoms with Crippen LogP contribution in [0.25, 0.3) is 0 Å². The molecule has 0 N–H and O–H groups in total. The van der Waals surface area contributed by atoms with Crippen molar-refractivity contribution in [3.8, 4) is 0 Å². The molecule has 1 aromatic carbocycles. The number of hydrogen-bond donors (Lipinski definition) is 0. The lowest BCUT2D eigenvalue weighted by Crippen LogP contribution is -2.26. The van der Waals surface area contributed by atoms with Crippen LogP contribution in [0.15, 0.2) is 40.2 Å². The van der Waals surface area contributed by atoms with Crippen LogP contribution in [0.3, 0.4) is 0 Å². The zero-order chi connectivity index (χ0) is 14.5. The van der Waals surface area contributed by atoms with Crippen molar-refractivity contribution in [2.45, 2.75) is 19.5 Å². The van der Waals surface area contributed by atoms with Crippen molar-refractivity contribution in [3.63, 3.8) is 0 Å². The number of hydrogen-bond acceptors (Lipinski definition) is 4. The van der Waals surface area contributed by atoms with Crippen LogP contribution in [0.5, 0.6) is 0 Å². The molecule has 20 heavy (non-hydrogen) atoms. The molecule has 1 atom stereocenters. The minimum Gasteiger partial charge on any atom is -0.370 e. The van der Waals surface area contributed by atoms with E-state index in [0.29, 0.717) is 16.8 Å². The summed E-state index contributed by atoms with van der Waals surface area (Å²) in [6.45, 7) is 2.63. The zero-order valence-electron chi connectivity index (χ0n) is 10.8. The Morgan fingerprint density at radius 3 is 2.70 bits per heavy atom. The number of halogens is 2. The van der Waals surface area contributed by atoms with Gasteiger partial charge in [-0.2, -0.15) is 4.39 Å². The topological polar surface area (TPSA) is 29.5 Å². The molecule has 106 valence electrons. The highest BCUT2D eigenvalue weighted by Crippen LogP contribution is 2.30. The molecule has 0 saturated carbocycles. The predicted octanol–water partition coefficient (Wildman–Crippen LogP) is 4.30. The summed E-state index contributed by atoms with van der Waals surface area (Å²) in [6.07, 6.45) is 0. The lowest BCUT2D eigenvalue weighted by atomic mass is 10.1. The Bertz CT molecular complexity index is 576. The van der Waals surface area contributed by atoms with Gasteiger partial charge in [-0.25, -0.2) is 0 Å². The summed E-state index contributed by atoms with van der Waals surface area (Å²) >= 11 is 4.33. The predicted molar refractivity (Wildman–Crippen MR) is 79.5 cm³/mol. The summed E-state index contributed by atoms with van der Waals surface area (Å²) in [5, 5.41) is 1.25. The normalized spacial score (nSPS) is 12.4. The summed E-state index contributed by atoms with van der Waals surface area (Å²) in [4.78, 5) is 15.7. The number of carbonyl (C=O) groups excluding carboxylic acids is 1. The first kappa shape index (κ1) is 15.2. The van der Waals surface area contributed by atoms with Crippen LogP contribution in [-0.4, -0.2) is 11.5 Å². The van der Waals surface area contributed by atoms with Crippen molar-refractivity contribution in [1.29, 1.82) is 0 Å². The fraction of sp³-hybridized carbons (Fsp3) is 0.214. The number of hydroxylamine groups is 2. The highest BCUT2D eigenvalue weighted by molar-refractivity contribution is 9.11. The van der Waals surface area contributed by atoms with Gasteiger partial charge in [0.15, 0.2) is 5.13 Å². The van der Waals surface area contributed by atoms with Crippen molar-refractivity contribution in [1.82, 2.24) is 5.06 Å². The standard InChI is InChI=1S/C14H13BrFNO2S/c1-10(11-5-3-2-4-6-11)17(19-9-18)8-12-7-13(16)20-14(12)15/h2-7,9-10H,8H2,1H3/t10-/m1/s1. The maximum Gasteiger partial charge on any atom is 0.313 e. The van der Waals surface area contributed by atoms with E-state index >= 15 is 0 Å². The molecule has 0 aliphatic heterocycles. The Labute approximate surface area is 129 Å². The van der Waals surface area contributed by atoms with Gasteiger partial charge in [0.05, 0.1) is 16.4 Å². The van der Waals surface area contributed by atoms with Crippen LogP contribution < -0.4 is 0 Å². The van der Waals surface area contributed by atoms with Gasteiger partial charge in [-0.1, -0.05) is 41.7 Å². The first-order chi connectivity index (χ1) is 9.61. The van der Waals surface area contributed by atoms with Crippen molar-refractivity contribution in [2.75, 3.05) is 0 Å². The smallest absolute Gasteiger partial charge is 0.313 e. The lowest BCUT2D eigenvalue weighted by Gasteiger charge is -2.25. The van der Waals surface area contributed by atoms with E-state index < -0.39 is 0 Å². The minimum absolute atomic E-state index is 0.128. The fourth-order valence-electron chi connectivity index (χ4n) is 1.87. The second-order valence-electron chi connectivity index (χ2n) is 4.21. The molecule has 2 aromatic rings. The molecule has 0 aliphatic rings. The van der Waals surface area contributed by atoms with E-state index in [1.807, 2.05) is 37.3 Å². The van der Waals surface area contributed by atoms with Gasteiger partial charge in [-0.15, -0.1) is 5.06 Å².